The fraction of sp³-hybridized carbons (Fsp3) is 0.179. The Balaban J connectivity index is 1.27. The van der Waals surface area contributed by atoms with Crippen molar-refractivity contribution in [1.29, 1.82) is 0 Å². The van der Waals surface area contributed by atoms with Crippen molar-refractivity contribution in [2.45, 2.75) is 13.8 Å². The zero-order chi connectivity index (χ0) is 25.5. The van der Waals surface area contributed by atoms with Gasteiger partial charge in [0.2, 0.25) is 0 Å². The van der Waals surface area contributed by atoms with Crippen molar-refractivity contribution in [3.63, 3.8) is 0 Å². The lowest BCUT2D eigenvalue weighted by Gasteiger charge is -2.13. The number of carbonyl (C=O) groups is 3. The first kappa shape index (κ1) is 25.1. The van der Waals surface area contributed by atoms with Crippen molar-refractivity contribution >= 4 is 40.6 Å². The van der Waals surface area contributed by atoms with E-state index in [0.29, 0.717) is 22.1 Å². The van der Waals surface area contributed by atoms with Crippen LogP contribution in [0.5, 0.6) is 11.5 Å². The number of rotatable bonds is 9. The van der Waals surface area contributed by atoms with E-state index in [0.717, 1.165) is 28.5 Å². The lowest BCUT2D eigenvalue weighted by Crippen LogP contribution is -2.32. The summed E-state index contributed by atoms with van der Waals surface area (Å²) in [4.78, 5) is 38.7. The topological polar surface area (TPSA) is 84.9 Å². The van der Waals surface area contributed by atoms with Gasteiger partial charge in [-0.05, 0) is 79.2 Å². The SMILES string of the molecule is Cc1ccc(NC(=O)COc2ccc(/C=C3\SC(=O)N(CCOc4cccc(C)c4)C3=O)cc2)cc1. The van der Waals surface area contributed by atoms with E-state index in [2.05, 4.69) is 5.32 Å². The second kappa shape index (κ2) is 11.6. The second-order valence-corrected chi connectivity index (χ2v) is 9.26. The highest BCUT2D eigenvalue weighted by Gasteiger charge is 2.34. The molecule has 184 valence electrons. The van der Waals surface area contributed by atoms with E-state index in [4.69, 9.17) is 9.47 Å². The smallest absolute Gasteiger partial charge is 0.293 e. The van der Waals surface area contributed by atoms with E-state index in [1.165, 1.54) is 4.90 Å². The van der Waals surface area contributed by atoms with Crippen LogP contribution in [-0.4, -0.2) is 41.7 Å². The molecule has 7 nitrogen and oxygen atoms in total. The Morgan fingerprint density at radius 3 is 2.39 bits per heavy atom. The van der Waals surface area contributed by atoms with Gasteiger partial charge in [0.25, 0.3) is 17.1 Å². The van der Waals surface area contributed by atoms with Crippen LogP contribution >= 0.6 is 11.8 Å². The van der Waals surface area contributed by atoms with E-state index in [1.54, 1.807) is 30.3 Å². The number of anilines is 1. The number of hydrogen-bond acceptors (Lipinski definition) is 6. The maximum Gasteiger partial charge on any atom is 0.293 e. The molecular formula is C28H26N2O5S. The zero-order valence-electron chi connectivity index (χ0n) is 20.0. The first-order chi connectivity index (χ1) is 17.4. The van der Waals surface area contributed by atoms with Crippen LogP contribution in [0, 0.1) is 13.8 Å². The van der Waals surface area contributed by atoms with Gasteiger partial charge in [-0.3, -0.25) is 19.3 Å². The average Bonchev–Trinajstić information content (AvgIpc) is 3.12. The molecule has 1 aliphatic heterocycles. The normalized spacial score (nSPS) is 14.3. The largest absolute Gasteiger partial charge is 0.492 e. The third kappa shape index (κ3) is 6.76. The zero-order valence-corrected chi connectivity index (χ0v) is 20.8. The molecule has 1 aliphatic rings. The molecule has 4 rings (SSSR count). The van der Waals surface area contributed by atoms with Gasteiger partial charge in [-0.15, -0.1) is 0 Å². The molecule has 3 aromatic carbocycles. The summed E-state index contributed by atoms with van der Waals surface area (Å²) >= 11 is 0.904. The Labute approximate surface area is 214 Å². The Hall–Kier alpha value is -4.04. The van der Waals surface area contributed by atoms with Gasteiger partial charge in [0.15, 0.2) is 6.61 Å². The highest BCUT2D eigenvalue weighted by molar-refractivity contribution is 8.18. The van der Waals surface area contributed by atoms with E-state index < -0.39 is 0 Å². The summed E-state index contributed by atoms with van der Waals surface area (Å²) < 4.78 is 11.2. The molecule has 3 aromatic rings. The van der Waals surface area contributed by atoms with Crippen LogP contribution in [0.3, 0.4) is 0 Å². The predicted octanol–water partition coefficient (Wildman–Crippen LogP) is 5.44. The van der Waals surface area contributed by atoms with Crippen LogP contribution in [0.15, 0.2) is 77.7 Å². The summed E-state index contributed by atoms with van der Waals surface area (Å²) in [5, 5.41) is 2.46. The summed E-state index contributed by atoms with van der Waals surface area (Å²) in [7, 11) is 0. The molecule has 8 heteroatoms. The fourth-order valence-electron chi connectivity index (χ4n) is 3.45. The van der Waals surface area contributed by atoms with E-state index in [9.17, 15) is 14.4 Å². The van der Waals surface area contributed by atoms with Crippen molar-refractivity contribution in [2.24, 2.45) is 0 Å². The number of benzene rings is 3. The van der Waals surface area contributed by atoms with E-state index in [1.807, 2.05) is 62.4 Å². The number of nitrogens with zero attached hydrogens (tertiary/aromatic N) is 1. The summed E-state index contributed by atoms with van der Waals surface area (Å²) in [5.74, 6) is 0.619. The first-order valence-corrected chi connectivity index (χ1v) is 12.2. The second-order valence-electron chi connectivity index (χ2n) is 8.27. The van der Waals surface area contributed by atoms with Gasteiger partial charge in [0.1, 0.15) is 18.1 Å². The van der Waals surface area contributed by atoms with Crippen molar-refractivity contribution < 1.29 is 23.9 Å². The third-order valence-corrected chi connectivity index (χ3v) is 6.24. The molecule has 0 unspecified atom stereocenters. The van der Waals surface area contributed by atoms with Crippen LogP contribution < -0.4 is 14.8 Å². The number of imide groups is 1. The monoisotopic (exact) mass is 502 g/mol. The average molecular weight is 503 g/mol. The summed E-state index contributed by atoms with van der Waals surface area (Å²) in [6.07, 6.45) is 1.67. The van der Waals surface area contributed by atoms with Gasteiger partial charge in [-0.1, -0.05) is 42.0 Å². The number of carbonyl (C=O) groups excluding carboxylic acids is 3. The molecule has 3 amide bonds. The maximum atomic E-state index is 12.7. The molecule has 1 heterocycles. The van der Waals surface area contributed by atoms with Crippen LogP contribution in [0.1, 0.15) is 16.7 Å². The molecule has 0 bridgehead atoms. The molecule has 0 saturated carbocycles. The Morgan fingerprint density at radius 2 is 1.67 bits per heavy atom. The molecule has 0 aromatic heterocycles. The Morgan fingerprint density at radius 1 is 0.917 bits per heavy atom. The number of amides is 3. The molecule has 1 fully saturated rings. The minimum absolute atomic E-state index is 0.128. The lowest BCUT2D eigenvalue weighted by atomic mass is 10.2. The molecule has 0 radical (unpaired) electrons. The van der Waals surface area contributed by atoms with Gasteiger partial charge in [-0.2, -0.15) is 0 Å². The molecule has 0 aliphatic carbocycles. The predicted molar refractivity (Wildman–Crippen MR) is 141 cm³/mol. The van der Waals surface area contributed by atoms with Gasteiger partial charge < -0.3 is 14.8 Å². The van der Waals surface area contributed by atoms with Crippen LogP contribution in [0.2, 0.25) is 0 Å². The van der Waals surface area contributed by atoms with Crippen LogP contribution in [-0.2, 0) is 9.59 Å². The number of nitrogens with one attached hydrogen (secondary N) is 1. The molecular weight excluding hydrogens is 476 g/mol. The minimum Gasteiger partial charge on any atom is -0.492 e. The van der Waals surface area contributed by atoms with Gasteiger partial charge in [-0.25, -0.2) is 0 Å². The fourth-order valence-corrected chi connectivity index (χ4v) is 4.31. The van der Waals surface area contributed by atoms with Crippen molar-refractivity contribution in [3.05, 3.63) is 94.4 Å². The summed E-state index contributed by atoms with van der Waals surface area (Å²) in [6.45, 7) is 4.21. The van der Waals surface area contributed by atoms with Crippen molar-refractivity contribution in [2.75, 3.05) is 25.1 Å². The number of hydrogen-bond donors (Lipinski definition) is 1. The molecule has 36 heavy (non-hydrogen) atoms. The molecule has 0 spiro atoms. The van der Waals surface area contributed by atoms with E-state index >= 15 is 0 Å². The quantitative estimate of drug-likeness (QED) is 0.393. The number of aryl methyl sites for hydroxylation is 2. The Kier molecular flexibility index (Phi) is 8.07. The van der Waals surface area contributed by atoms with Crippen molar-refractivity contribution in [1.82, 2.24) is 4.90 Å². The number of thioether (sulfide) groups is 1. The van der Waals surface area contributed by atoms with Gasteiger partial charge >= 0.3 is 0 Å². The highest BCUT2D eigenvalue weighted by atomic mass is 32.2. The lowest BCUT2D eigenvalue weighted by molar-refractivity contribution is -0.123. The van der Waals surface area contributed by atoms with Crippen LogP contribution in [0.25, 0.3) is 6.08 Å². The molecule has 1 N–H and O–H groups in total. The molecule has 1 saturated heterocycles. The molecule has 0 atom stereocenters. The summed E-state index contributed by atoms with van der Waals surface area (Å²) in [5.41, 5.74) is 3.64. The maximum absolute atomic E-state index is 12.7. The van der Waals surface area contributed by atoms with Crippen molar-refractivity contribution in [3.8, 4) is 11.5 Å². The highest BCUT2D eigenvalue weighted by Crippen LogP contribution is 2.32. The van der Waals surface area contributed by atoms with E-state index in [-0.39, 0.29) is 36.8 Å². The Bertz CT molecular complexity index is 1290. The van der Waals surface area contributed by atoms with Crippen LogP contribution in [0.4, 0.5) is 10.5 Å². The standard InChI is InChI=1S/C28H26N2O5S/c1-19-6-10-22(11-7-19)29-26(31)18-35-23-12-8-21(9-13-23)17-25-27(32)30(28(33)36-25)14-15-34-24-5-3-4-20(2)16-24/h3-13,16-17H,14-15,18H2,1-2H3,(H,29,31)/b25-17-. The minimum atomic E-state index is -0.342. The number of ether oxygens (including phenoxy) is 2. The van der Waals surface area contributed by atoms with Gasteiger partial charge in [0.05, 0.1) is 11.4 Å². The third-order valence-electron chi connectivity index (χ3n) is 5.33. The first-order valence-electron chi connectivity index (χ1n) is 11.4. The van der Waals surface area contributed by atoms with Gasteiger partial charge in [0, 0.05) is 5.69 Å². The summed E-state index contributed by atoms with van der Waals surface area (Å²) in [6, 6.07) is 22.1.